The number of H-pyrrole nitrogens is 1. The number of hydrogen-bond donors (Lipinski definition) is 2. The molecule has 0 bridgehead atoms. The lowest BCUT2D eigenvalue weighted by Crippen LogP contribution is -2.14. The summed E-state index contributed by atoms with van der Waals surface area (Å²) in [5.41, 5.74) is 5.60. The predicted octanol–water partition coefficient (Wildman–Crippen LogP) is 4.10. The molecule has 23 heavy (non-hydrogen) atoms. The van der Waals surface area contributed by atoms with Crippen LogP contribution in [0.1, 0.15) is 21.6 Å². The van der Waals surface area contributed by atoms with E-state index in [1.165, 1.54) is 5.56 Å². The third kappa shape index (κ3) is 2.93. The molecule has 3 aromatic rings. The first-order chi connectivity index (χ1) is 11.0. The van der Waals surface area contributed by atoms with E-state index < -0.39 is 0 Å². The zero-order chi connectivity index (χ0) is 16.6. The lowest BCUT2D eigenvalue weighted by atomic mass is 10.1. The zero-order valence-corrected chi connectivity index (χ0v) is 13.9. The fourth-order valence-corrected chi connectivity index (χ4v) is 2.72. The Morgan fingerprint density at radius 3 is 2.61 bits per heavy atom. The first kappa shape index (κ1) is 15.2. The highest BCUT2D eigenvalue weighted by atomic mass is 16.1. The summed E-state index contributed by atoms with van der Waals surface area (Å²) in [4.78, 5) is 17.8. The minimum absolute atomic E-state index is 0.118. The molecule has 3 rings (SSSR count). The molecule has 1 heterocycles. The molecule has 0 aliphatic heterocycles. The summed E-state index contributed by atoms with van der Waals surface area (Å²) < 4.78 is 0. The lowest BCUT2D eigenvalue weighted by Gasteiger charge is -2.14. The molecule has 0 unspecified atom stereocenters. The van der Waals surface area contributed by atoms with Gasteiger partial charge in [0, 0.05) is 36.4 Å². The van der Waals surface area contributed by atoms with Crippen molar-refractivity contribution < 1.29 is 4.79 Å². The molecule has 0 spiro atoms. The zero-order valence-electron chi connectivity index (χ0n) is 13.9. The molecule has 2 N–H and O–H groups in total. The Kier molecular flexibility index (Phi) is 3.82. The number of aromatic amines is 1. The van der Waals surface area contributed by atoms with E-state index in [1.54, 1.807) is 0 Å². The highest BCUT2D eigenvalue weighted by Crippen LogP contribution is 2.24. The summed E-state index contributed by atoms with van der Waals surface area (Å²) in [7, 11) is 3.95. The molecule has 0 saturated heterocycles. The van der Waals surface area contributed by atoms with Crippen molar-refractivity contribution in [2.75, 3.05) is 24.3 Å². The molecular formula is C19H21N3O. The smallest absolute Gasteiger partial charge is 0.272 e. The highest BCUT2D eigenvalue weighted by Gasteiger charge is 2.15. The number of fused-ring (bicyclic) bond motifs is 1. The van der Waals surface area contributed by atoms with Gasteiger partial charge in [-0.3, -0.25) is 4.79 Å². The number of aryl methyl sites for hydroxylation is 2. The number of nitrogens with zero attached hydrogens (tertiary/aromatic N) is 1. The normalized spacial score (nSPS) is 10.8. The number of rotatable bonds is 3. The van der Waals surface area contributed by atoms with Crippen molar-refractivity contribution >= 4 is 28.2 Å². The van der Waals surface area contributed by atoms with E-state index >= 15 is 0 Å². The number of aromatic nitrogens is 1. The van der Waals surface area contributed by atoms with Gasteiger partial charge in [-0.2, -0.15) is 0 Å². The minimum atomic E-state index is -0.118. The summed E-state index contributed by atoms with van der Waals surface area (Å²) in [6.07, 6.45) is 0. The van der Waals surface area contributed by atoms with Crippen LogP contribution in [0.2, 0.25) is 0 Å². The fourth-order valence-electron chi connectivity index (χ4n) is 2.72. The molecule has 0 radical (unpaired) electrons. The van der Waals surface area contributed by atoms with Crippen molar-refractivity contribution in [3.05, 3.63) is 59.3 Å². The Labute approximate surface area is 136 Å². The van der Waals surface area contributed by atoms with E-state index in [9.17, 15) is 4.79 Å². The number of carbonyl (C=O) groups excluding carboxylic acids is 1. The molecule has 0 atom stereocenters. The van der Waals surface area contributed by atoms with Crippen LogP contribution in [0.3, 0.4) is 0 Å². The second-order valence-corrected chi connectivity index (χ2v) is 6.07. The molecular weight excluding hydrogens is 286 g/mol. The van der Waals surface area contributed by atoms with Gasteiger partial charge in [-0.05, 0) is 49.7 Å². The lowest BCUT2D eigenvalue weighted by molar-refractivity contribution is 0.102. The molecule has 4 nitrogen and oxygen atoms in total. The van der Waals surface area contributed by atoms with Crippen molar-refractivity contribution in [3.63, 3.8) is 0 Å². The Bertz CT molecular complexity index is 877. The third-order valence-electron chi connectivity index (χ3n) is 4.06. The van der Waals surface area contributed by atoms with Gasteiger partial charge in [-0.25, -0.2) is 0 Å². The number of anilines is 2. The number of hydrogen-bond acceptors (Lipinski definition) is 2. The van der Waals surface area contributed by atoms with Crippen LogP contribution in [0.15, 0.2) is 42.5 Å². The molecule has 1 aromatic heterocycles. The molecule has 0 aliphatic rings. The molecule has 0 saturated carbocycles. The largest absolute Gasteiger partial charge is 0.378 e. The van der Waals surface area contributed by atoms with Crippen LogP contribution < -0.4 is 10.2 Å². The average Bonchev–Trinajstić information content (AvgIpc) is 2.84. The van der Waals surface area contributed by atoms with Crippen LogP contribution in [-0.2, 0) is 0 Å². The van der Waals surface area contributed by atoms with Crippen LogP contribution in [0, 0.1) is 13.8 Å². The van der Waals surface area contributed by atoms with Gasteiger partial charge in [0.15, 0.2) is 0 Å². The SMILES string of the molecule is Cc1ccc2[nH]c(C(=O)Nc3cccc(N(C)C)c3)c(C)c2c1. The second-order valence-electron chi connectivity index (χ2n) is 6.07. The number of nitrogens with one attached hydrogen (secondary N) is 2. The summed E-state index contributed by atoms with van der Waals surface area (Å²) in [6.45, 7) is 4.03. The van der Waals surface area contributed by atoms with Gasteiger partial charge in [-0.15, -0.1) is 0 Å². The molecule has 2 aromatic carbocycles. The Morgan fingerprint density at radius 2 is 1.87 bits per heavy atom. The van der Waals surface area contributed by atoms with Crippen LogP contribution >= 0.6 is 0 Å². The van der Waals surface area contributed by atoms with E-state index in [2.05, 4.69) is 23.3 Å². The molecule has 1 amide bonds. The van der Waals surface area contributed by atoms with Crippen LogP contribution in [0.4, 0.5) is 11.4 Å². The number of benzene rings is 2. The highest BCUT2D eigenvalue weighted by molar-refractivity contribution is 6.08. The summed E-state index contributed by atoms with van der Waals surface area (Å²) in [6, 6.07) is 14.0. The van der Waals surface area contributed by atoms with E-state index in [-0.39, 0.29) is 5.91 Å². The van der Waals surface area contributed by atoms with E-state index in [0.717, 1.165) is 27.8 Å². The van der Waals surface area contributed by atoms with Crippen molar-refractivity contribution in [2.45, 2.75) is 13.8 Å². The van der Waals surface area contributed by atoms with Gasteiger partial charge in [-0.1, -0.05) is 17.7 Å². The van der Waals surface area contributed by atoms with Gasteiger partial charge < -0.3 is 15.2 Å². The Balaban J connectivity index is 1.92. The summed E-state index contributed by atoms with van der Waals surface area (Å²) >= 11 is 0. The maximum Gasteiger partial charge on any atom is 0.272 e. The molecule has 118 valence electrons. The average molecular weight is 307 g/mol. The number of carbonyl (C=O) groups is 1. The van der Waals surface area contributed by atoms with Crippen molar-refractivity contribution in [2.24, 2.45) is 0 Å². The van der Waals surface area contributed by atoms with E-state index in [4.69, 9.17) is 0 Å². The fraction of sp³-hybridized carbons (Fsp3) is 0.211. The predicted molar refractivity (Wildman–Crippen MR) is 96.5 cm³/mol. The first-order valence-electron chi connectivity index (χ1n) is 7.63. The number of amides is 1. The molecule has 4 heteroatoms. The minimum Gasteiger partial charge on any atom is -0.378 e. The van der Waals surface area contributed by atoms with E-state index in [1.807, 2.05) is 62.3 Å². The van der Waals surface area contributed by atoms with Gasteiger partial charge in [0.2, 0.25) is 0 Å². The summed E-state index contributed by atoms with van der Waals surface area (Å²) in [5.74, 6) is -0.118. The van der Waals surface area contributed by atoms with Crippen LogP contribution in [-0.4, -0.2) is 25.0 Å². The maximum atomic E-state index is 12.6. The van der Waals surface area contributed by atoms with Crippen molar-refractivity contribution in [3.8, 4) is 0 Å². The monoisotopic (exact) mass is 307 g/mol. The molecule has 0 aliphatic carbocycles. The van der Waals surface area contributed by atoms with Gasteiger partial charge in [0.05, 0.1) is 0 Å². The summed E-state index contributed by atoms with van der Waals surface area (Å²) in [5, 5.41) is 4.07. The van der Waals surface area contributed by atoms with Crippen molar-refractivity contribution in [1.82, 2.24) is 4.98 Å². The van der Waals surface area contributed by atoms with E-state index in [0.29, 0.717) is 5.69 Å². The standard InChI is InChI=1S/C19H21N3O/c1-12-8-9-17-16(10-12)13(2)18(21-17)19(23)20-14-6-5-7-15(11-14)22(3)4/h5-11,21H,1-4H3,(H,20,23). The van der Waals surface area contributed by atoms with Crippen molar-refractivity contribution in [1.29, 1.82) is 0 Å². The van der Waals surface area contributed by atoms with Crippen LogP contribution in [0.25, 0.3) is 10.9 Å². The van der Waals surface area contributed by atoms with Crippen LogP contribution in [0.5, 0.6) is 0 Å². The van der Waals surface area contributed by atoms with Gasteiger partial charge >= 0.3 is 0 Å². The first-order valence-corrected chi connectivity index (χ1v) is 7.63. The second kappa shape index (κ2) is 5.80. The molecule has 0 fully saturated rings. The Morgan fingerprint density at radius 1 is 1.09 bits per heavy atom. The maximum absolute atomic E-state index is 12.6. The quantitative estimate of drug-likeness (QED) is 0.765. The van der Waals surface area contributed by atoms with Gasteiger partial charge in [0.25, 0.3) is 5.91 Å². The van der Waals surface area contributed by atoms with Gasteiger partial charge in [0.1, 0.15) is 5.69 Å². The topological polar surface area (TPSA) is 48.1 Å². The Hall–Kier alpha value is -2.75. The third-order valence-corrected chi connectivity index (χ3v) is 4.06.